The summed E-state index contributed by atoms with van der Waals surface area (Å²) in [5.41, 5.74) is 1.99. The lowest BCUT2D eigenvalue weighted by Gasteiger charge is -2.20. The Morgan fingerprint density at radius 1 is 1.05 bits per heavy atom. The van der Waals surface area contributed by atoms with E-state index < -0.39 is 12.1 Å². The summed E-state index contributed by atoms with van der Waals surface area (Å²) < 4.78 is 31.7. The zero-order valence-corrected chi connectivity index (χ0v) is 21.6. The number of imidazole rings is 1. The summed E-state index contributed by atoms with van der Waals surface area (Å²) in [5, 5.41) is 12.6. The number of carbonyl (C=O) groups excluding carboxylic acids is 2. The van der Waals surface area contributed by atoms with E-state index in [9.17, 15) is 22.8 Å². The Kier molecular flexibility index (Phi) is 11.3. The average Bonchev–Trinajstić information content (AvgIpc) is 3.37. The second-order valence-electron chi connectivity index (χ2n) is 8.94. The summed E-state index contributed by atoms with van der Waals surface area (Å²) in [6.45, 7) is 1.90. The first-order valence-corrected chi connectivity index (χ1v) is 12.3. The molecule has 3 aromatic rings. The topological polar surface area (TPSA) is 115 Å². The number of benzene rings is 2. The Morgan fingerprint density at radius 3 is 2.32 bits per heavy atom. The van der Waals surface area contributed by atoms with Crippen LogP contribution in [0.1, 0.15) is 57.3 Å². The van der Waals surface area contributed by atoms with Gasteiger partial charge in [0.25, 0.3) is 0 Å². The van der Waals surface area contributed by atoms with Crippen molar-refractivity contribution in [2.45, 2.75) is 57.7 Å². The number of carboxylic acid groups (broad SMARTS) is 1. The van der Waals surface area contributed by atoms with Crippen LogP contribution in [0.4, 0.5) is 18.0 Å². The maximum Gasteiger partial charge on any atom is 0.490 e. The van der Waals surface area contributed by atoms with E-state index in [1.54, 1.807) is 14.1 Å². The van der Waals surface area contributed by atoms with Crippen LogP contribution in [0.5, 0.6) is 0 Å². The molecule has 2 aromatic carbocycles. The van der Waals surface area contributed by atoms with Crippen molar-refractivity contribution in [2.75, 3.05) is 14.1 Å². The van der Waals surface area contributed by atoms with Gasteiger partial charge >= 0.3 is 18.2 Å². The number of ketones is 1. The normalized spacial score (nSPS) is 11.8. The molecule has 0 aliphatic carbocycles. The molecule has 206 valence electrons. The van der Waals surface area contributed by atoms with Crippen LogP contribution in [0.15, 0.2) is 48.7 Å². The van der Waals surface area contributed by atoms with E-state index in [0.29, 0.717) is 18.6 Å². The predicted octanol–water partition coefficient (Wildman–Crippen LogP) is 6.11. The van der Waals surface area contributed by atoms with Crippen molar-refractivity contribution < 1.29 is 32.7 Å². The SMILES string of the molecule is CCC(=O)CCCCC[C@H](NC(=O)N(C)C)c1ncc(-c2ccc3ccccc3c2)[nH]1.O=C(O)C(F)(F)F. The van der Waals surface area contributed by atoms with Crippen LogP contribution in [0.25, 0.3) is 22.0 Å². The number of halogens is 3. The standard InChI is InChI=1S/C25H32N4O2.C2HF3O2/c1-4-21(30)12-6-5-7-13-22(28-25(31)29(2)3)24-26-17-23(27-24)20-15-14-18-10-8-9-11-19(18)16-20;3-2(4,5)1(6)7/h8-11,14-17,22H,4-7,12-13H2,1-3H3,(H,26,27)(H,28,31);(H,6,7)/t22-;/m0./s1. The van der Waals surface area contributed by atoms with Crippen molar-refractivity contribution in [3.05, 3.63) is 54.5 Å². The molecule has 0 spiro atoms. The molecule has 0 saturated carbocycles. The van der Waals surface area contributed by atoms with Crippen molar-refractivity contribution in [1.82, 2.24) is 20.2 Å². The number of carboxylic acids is 1. The molecule has 0 bridgehead atoms. The molecule has 11 heteroatoms. The van der Waals surface area contributed by atoms with Crippen LogP contribution in [-0.4, -0.2) is 58.0 Å². The maximum atomic E-state index is 12.3. The van der Waals surface area contributed by atoms with Gasteiger partial charge in [0.1, 0.15) is 11.6 Å². The number of hydrogen-bond donors (Lipinski definition) is 3. The Hall–Kier alpha value is -3.89. The van der Waals surface area contributed by atoms with Gasteiger partial charge in [-0.2, -0.15) is 13.2 Å². The smallest absolute Gasteiger partial charge is 0.475 e. The van der Waals surface area contributed by atoms with Gasteiger partial charge in [-0.25, -0.2) is 14.6 Å². The molecule has 1 aromatic heterocycles. The highest BCUT2D eigenvalue weighted by Gasteiger charge is 2.38. The minimum atomic E-state index is -5.08. The van der Waals surface area contributed by atoms with Gasteiger partial charge in [0.05, 0.1) is 17.9 Å². The number of carbonyl (C=O) groups is 3. The minimum absolute atomic E-state index is 0.144. The quantitative estimate of drug-likeness (QED) is 0.272. The fraction of sp³-hybridized carbons (Fsp3) is 0.407. The fourth-order valence-corrected chi connectivity index (χ4v) is 3.60. The monoisotopic (exact) mass is 534 g/mol. The van der Waals surface area contributed by atoms with Gasteiger partial charge in [-0.1, -0.05) is 56.2 Å². The molecule has 0 aliphatic heterocycles. The lowest BCUT2D eigenvalue weighted by atomic mass is 10.0. The zero-order valence-electron chi connectivity index (χ0n) is 21.6. The first-order chi connectivity index (χ1) is 17.9. The summed E-state index contributed by atoms with van der Waals surface area (Å²) in [4.78, 5) is 42.2. The van der Waals surface area contributed by atoms with E-state index in [2.05, 4.69) is 45.6 Å². The first-order valence-electron chi connectivity index (χ1n) is 12.3. The Morgan fingerprint density at radius 2 is 1.71 bits per heavy atom. The van der Waals surface area contributed by atoms with Crippen LogP contribution in [0.2, 0.25) is 0 Å². The van der Waals surface area contributed by atoms with E-state index in [1.165, 1.54) is 15.7 Å². The molecule has 1 heterocycles. The largest absolute Gasteiger partial charge is 0.490 e. The molecule has 8 nitrogen and oxygen atoms in total. The summed E-state index contributed by atoms with van der Waals surface area (Å²) in [6, 6.07) is 14.2. The number of H-pyrrole nitrogens is 1. The Bertz CT molecular complexity index is 1220. The highest BCUT2D eigenvalue weighted by Crippen LogP contribution is 2.26. The zero-order chi connectivity index (χ0) is 28.3. The van der Waals surface area contributed by atoms with Crippen molar-refractivity contribution in [1.29, 1.82) is 0 Å². The number of fused-ring (bicyclic) bond motifs is 1. The van der Waals surface area contributed by atoms with E-state index >= 15 is 0 Å². The molecular weight excluding hydrogens is 501 g/mol. The van der Waals surface area contributed by atoms with Gasteiger partial charge in [0.2, 0.25) is 0 Å². The molecule has 0 aliphatic rings. The lowest BCUT2D eigenvalue weighted by Crippen LogP contribution is -2.37. The van der Waals surface area contributed by atoms with E-state index in [4.69, 9.17) is 9.90 Å². The number of Topliss-reactive ketones (excluding diaryl/α,β-unsaturated/α-hetero) is 1. The maximum absolute atomic E-state index is 12.3. The highest BCUT2D eigenvalue weighted by atomic mass is 19.4. The number of nitrogens with one attached hydrogen (secondary N) is 2. The number of nitrogens with zero attached hydrogens (tertiary/aromatic N) is 2. The number of alkyl halides is 3. The second kappa shape index (κ2) is 14.2. The molecule has 0 saturated heterocycles. The van der Waals surface area contributed by atoms with Gasteiger partial charge in [-0.05, 0) is 29.7 Å². The van der Waals surface area contributed by atoms with Crippen molar-refractivity contribution in [3.63, 3.8) is 0 Å². The molecule has 0 radical (unpaired) electrons. The molecule has 38 heavy (non-hydrogen) atoms. The van der Waals surface area contributed by atoms with Crippen LogP contribution in [0.3, 0.4) is 0 Å². The van der Waals surface area contributed by atoms with Crippen molar-refractivity contribution >= 4 is 28.6 Å². The van der Waals surface area contributed by atoms with E-state index in [-0.39, 0.29) is 12.1 Å². The number of unbranched alkanes of at least 4 members (excludes halogenated alkanes) is 2. The van der Waals surface area contributed by atoms with Crippen LogP contribution < -0.4 is 5.32 Å². The summed E-state index contributed by atoms with van der Waals surface area (Å²) >= 11 is 0. The van der Waals surface area contributed by atoms with Gasteiger partial charge in [0.15, 0.2) is 0 Å². The Labute approximate surface area is 219 Å². The fourth-order valence-electron chi connectivity index (χ4n) is 3.60. The minimum Gasteiger partial charge on any atom is -0.475 e. The number of urea groups is 1. The number of rotatable bonds is 10. The van der Waals surface area contributed by atoms with Crippen molar-refractivity contribution in [2.24, 2.45) is 0 Å². The molecule has 0 unspecified atom stereocenters. The molecule has 3 rings (SSSR count). The van der Waals surface area contributed by atoms with Gasteiger partial charge < -0.3 is 20.3 Å². The van der Waals surface area contributed by atoms with E-state index in [1.807, 2.05) is 25.3 Å². The second-order valence-corrected chi connectivity index (χ2v) is 8.94. The number of aromatic nitrogens is 2. The third-order valence-corrected chi connectivity index (χ3v) is 5.78. The third-order valence-electron chi connectivity index (χ3n) is 5.78. The van der Waals surface area contributed by atoms with Crippen molar-refractivity contribution in [3.8, 4) is 11.3 Å². The summed E-state index contributed by atoms with van der Waals surface area (Å²) in [5.74, 6) is -1.70. The molecule has 3 N–H and O–H groups in total. The van der Waals surface area contributed by atoms with Crippen LogP contribution in [-0.2, 0) is 9.59 Å². The van der Waals surface area contributed by atoms with E-state index in [0.717, 1.165) is 42.8 Å². The van der Waals surface area contributed by atoms with Crippen LogP contribution in [0, 0.1) is 0 Å². The average molecular weight is 535 g/mol. The third kappa shape index (κ3) is 9.53. The van der Waals surface area contributed by atoms with Gasteiger partial charge in [-0.3, -0.25) is 4.79 Å². The first kappa shape index (κ1) is 30.3. The number of aliphatic carboxylic acids is 1. The highest BCUT2D eigenvalue weighted by molar-refractivity contribution is 5.86. The molecule has 0 fully saturated rings. The lowest BCUT2D eigenvalue weighted by molar-refractivity contribution is -0.192. The summed E-state index contributed by atoms with van der Waals surface area (Å²) in [7, 11) is 3.46. The number of aromatic amines is 1. The molecule has 1 atom stereocenters. The van der Waals surface area contributed by atoms with Crippen LogP contribution >= 0.6 is 0 Å². The van der Waals surface area contributed by atoms with Gasteiger partial charge in [-0.15, -0.1) is 0 Å². The predicted molar refractivity (Wildman–Crippen MR) is 139 cm³/mol. The number of hydrogen-bond acceptors (Lipinski definition) is 4. The Balaban J connectivity index is 0.000000638. The number of amides is 2. The summed E-state index contributed by atoms with van der Waals surface area (Å²) in [6.07, 6.45) is 1.52. The molecular formula is C27H33F3N4O4. The molecule has 2 amide bonds. The van der Waals surface area contributed by atoms with Gasteiger partial charge in [0, 0.05) is 32.5 Å².